The molecule has 0 radical (unpaired) electrons. The maximum absolute atomic E-state index is 12.9. The van der Waals surface area contributed by atoms with Gasteiger partial charge in [-0.3, -0.25) is 24.5 Å². The van der Waals surface area contributed by atoms with E-state index in [4.69, 9.17) is 23.7 Å². The number of aromatic amines is 1. The van der Waals surface area contributed by atoms with Crippen molar-refractivity contribution in [3.63, 3.8) is 0 Å². The third kappa shape index (κ3) is 6.36. The van der Waals surface area contributed by atoms with E-state index in [1.807, 2.05) is 78.9 Å². The maximum atomic E-state index is 12.9. The Labute approximate surface area is 283 Å². The summed E-state index contributed by atoms with van der Waals surface area (Å²) in [6.07, 6.45) is 3.89. The van der Waals surface area contributed by atoms with E-state index >= 15 is 0 Å². The second-order valence-corrected chi connectivity index (χ2v) is 12.3. The molecule has 3 heterocycles. The van der Waals surface area contributed by atoms with Crippen molar-refractivity contribution in [1.82, 2.24) is 19.5 Å². The van der Waals surface area contributed by atoms with E-state index in [-0.39, 0.29) is 35.5 Å². The van der Waals surface area contributed by atoms with Crippen LogP contribution in [0.15, 0.2) is 95.6 Å². The summed E-state index contributed by atoms with van der Waals surface area (Å²) in [5.41, 5.74) is 1.12. The number of benzene rings is 2. The minimum atomic E-state index is -1.19. The summed E-state index contributed by atoms with van der Waals surface area (Å²) in [6, 6.07) is 19.7. The lowest BCUT2D eigenvalue weighted by atomic mass is 9.77. The Morgan fingerprint density at radius 1 is 1.10 bits per heavy atom. The van der Waals surface area contributed by atoms with Crippen molar-refractivity contribution in [2.24, 2.45) is 5.92 Å². The van der Waals surface area contributed by atoms with E-state index in [9.17, 15) is 14.7 Å². The van der Waals surface area contributed by atoms with E-state index < -0.39 is 41.5 Å². The lowest BCUT2D eigenvalue weighted by Gasteiger charge is -2.40. The molecule has 0 unspecified atom stereocenters. The predicted molar refractivity (Wildman–Crippen MR) is 181 cm³/mol. The average Bonchev–Trinajstić information content (AvgIpc) is 3.69. The Balaban J connectivity index is 1.36. The molecule has 0 saturated carbocycles. The number of nitrogens with one attached hydrogen (secondary N) is 2. The van der Waals surface area contributed by atoms with E-state index in [1.54, 1.807) is 28.1 Å². The molecule has 2 aliphatic rings. The number of aliphatic hydroxyl groups excluding tert-OH is 1. The highest BCUT2D eigenvalue weighted by atomic mass is 16.7. The molecule has 13 heteroatoms. The molecule has 1 aliphatic carbocycles. The van der Waals surface area contributed by atoms with Gasteiger partial charge >= 0.3 is 0 Å². The molecule has 1 saturated heterocycles. The Hall–Kier alpha value is -4.50. The van der Waals surface area contributed by atoms with Gasteiger partial charge in [-0.05, 0) is 22.8 Å². The first-order valence-electron chi connectivity index (χ1n) is 16.1. The molecule has 1 amide bonds. The predicted octanol–water partition coefficient (Wildman–Crippen LogP) is 3.82. The molecule has 1 aliphatic heterocycles. The lowest BCUT2D eigenvalue weighted by molar-refractivity contribution is -0.168. The van der Waals surface area contributed by atoms with Crippen LogP contribution in [0, 0.1) is 5.92 Å². The van der Waals surface area contributed by atoms with Crippen molar-refractivity contribution in [3.8, 4) is 0 Å². The quantitative estimate of drug-likeness (QED) is 0.189. The smallest absolute Gasteiger partial charge is 0.280 e. The molecular weight excluding hydrogens is 630 g/mol. The standard InChI is InChI=1S/C36H41N5O8/c1-22(2)31(43)39-34-38-30-27(32(44)40-34)37-21-41(30)33-28(42)29(45-3)26(49-33)20-48-36(23-12-8-6-9-13-23,24-14-10-7-11-15-24)25-16-18-35(46-4,47-5)19-17-25/h6-18,21-22,26,28-29,33,42H,19-20H2,1-5H3,(H2,38,39,40,43,44)/t26-,28-,29-,33-/m1/s1. The van der Waals surface area contributed by atoms with Gasteiger partial charge in [0.1, 0.15) is 23.9 Å². The van der Waals surface area contributed by atoms with E-state index in [0.717, 1.165) is 16.7 Å². The molecule has 0 spiro atoms. The summed E-state index contributed by atoms with van der Waals surface area (Å²) < 4.78 is 32.1. The number of hydrogen-bond acceptors (Lipinski definition) is 10. The highest BCUT2D eigenvalue weighted by Gasteiger charge is 2.48. The number of methoxy groups -OCH3 is 3. The van der Waals surface area contributed by atoms with Crippen LogP contribution in [-0.4, -0.2) is 82.6 Å². The van der Waals surface area contributed by atoms with Crippen LogP contribution in [0.4, 0.5) is 5.95 Å². The number of anilines is 1. The zero-order chi connectivity index (χ0) is 34.8. The van der Waals surface area contributed by atoms with Crippen molar-refractivity contribution >= 4 is 23.0 Å². The molecule has 3 N–H and O–H groups in total. The number of imidazole rings is 1. The number of carbonyl (C=O) groups is 1. The average molecular weight is 672 g/mol. The first-order valence-corrected chi connectivity index (χ1v) is 16.1. The van der Waals surface area contributed by atoms with E-state index in [0.29, 0.717) is 6.42 Å². The summed E-state index contributed by atoms with van der Waals surface area (Å²) in [5, 5.41) is 14.2. The summed E-state index contributed by atoms with van der Waals surface area (Å²) >= 11 is 0. The van der Waals surface area contributed by atoms with Crippen molar-refractivity contribution < 1.29 is 33.6 Å². The van der Waals surface area contributed by atoms with Gasteiger partial charge in [-0.25, -0.2) is 4.98 Å². The largest absolute Gasteiger partial charge is 0.386 e. The topological polar surface area (TPSA) is 159 Å². The minimum absolute atomic E-state index is 0.00291. The second kappa shape index (κ2) is 14.2. The van der Waals surface area contributed by atoms with Gasteiger partial charge in [-0.2, -0.15) is 4.98 Å². The zero-order valence-electron chi connectivity index (χ0n) is 28.0. The maximum Gasteiger partial charge on any atom is 0.280 e. The van der Waals surface area contributed by atoms with Crippen molar-refractivity contribution in [1.29, 1.82) is 0 Å². The Morgan fingerprint density at radius 2 is 1.76 bits per heavy atom. The Bertz CT molecular complexity index is 1840. The normalized spacial score (nSPS) is 22.1. The highest BCUT2D eigenvalue weighted by molar-refractivity contribution is 5.91. The molecule has 0 bridgehead atoms. The van der Waals surface area contributed by atoms with Crippen LogP contribution in [0.25, 0.3) is 11.2 Å². The monoisotopic (exact) mass is 671 g/mol. The second-order valence-electron chi connectivity index (χ2n) is 12.3. The molecule has 4 aromatic rings. The van der Waals surface area contributed by atoms with Crippen LogP contribution in [-0.2, 0) is 34.1 Å². The summed E-state index contributed by atoms with van der Waals surface area (Å²) in [5.74, 6) is -1.60. The molecule has 4 atom stereocenters. The van der Waals surface area contributed by atoms with Crippen LogP contribution in [0.5, 0.6) is 0 Å². The van der Waals surface area contributed by atoms with Gasteiger partial charge in [0.15, 0.2) is 23.2 Å². The molecule has 13 nitrogen and oxygen atoms in total. The fraction of sp³-hybridized carbons (Fsp3) is 0.389. The van der Waals surface area contributed by atoms with Crippen LogP contribution >= 0.6 is 0 Å². The summed E-state index contributed by atoms with van der Waals surface area (Å²) in [4.78, 5) is 36.4. The van der Waals surface area contributed by atoms with Gasteiger partial charge in [0.2, 0.25) is 11.9 Å². The summed E-state index contributed by atoms with van der Waals surface area (Å²) in [7, 11) is 4.70. The van der Waals surface area contributed by atoms with Gasteiger partial charge in [0, 0.05) is 33.7 Å². The van der Waals surface area contributed by atoms with Crippen LogP contribution in [0.3, 0.4) is 0 Å². The number of H-pyrrole nitrogens is 1. The van der Waals surface area contributed by atoms with Crippen molar-refractivity contribution in [2.75, 3.05) is 33.3 Å². The number of aromatic nitrogens is 4. The van der Waals surface area contributed by atoms with Gasteiger partial charge in [0.25, 0.3) is 5.56 Å². The van der Waals surface area contributed by atoms with Gasteiger partial charge < -0.3 is 28.8 Å². The number of aliphatic hydroxyl groups is 1. The SMILES string of the molecule is CO[C@H]1[C@@H](O)[C@H](n2cnc3c(=O)[nH]c(NC(=O)C(C)C)nc32)O[C@@H]1COC(C1=CCC(OC)(OC)C=C1)(c1ccccc1)c1ccccc1. The van der Waals surface area contributed by atoms with E-state index in [2.05, 4.69) is 20.3 Å². The fourth-order valence-electron chi connectivity index (χ4n) is 6.36. The lowest BCUT2D eigenvalue weighted by Crippen LogP contribution is -2.41. The molecule has 49 heavy (non-hydrogen) atoms. The third-order valence-electron chi connectivity index (χ3n) is 9.10. The number of amides is 1. The number of nitrogens with zero attached hydrogens (tertiary/aromatic N) is 3. The fourth-order valence-corrected chi connectivity index (χ4v) is 6.36. The first kappa shape index (κ1) is 34.4. The summed E-state index contributed by atoms with van der Waals surface area (Å²) in [6.45, 7) is 3.45. The number of hydrogen-bond donors (Lipinski definition) is 3. The molecule has 1 fully saturated rings. The molecule has 2 aromatic carbocycles. The van der Waals surface area contributed by atoms with Gasteiger partial charge in [-0.15, -0.1) is 0 Å². The van der Waals surface area contributed by atoms with Crippen LogP contribution < -0.4 is 10.9 Å². The third-order valence-corrected chi connectivity index (χ3v) is 9.10. The number of rotatable bonds is 12. The Kier molecular flexibility index (Phi) is 9.93. The van der Waals surface area contributed by atoms with Gasteiger partial charge in [-0.1, -0.05) is 86.7 Å². The van der Waals surface area contributed by atoms with Crippen molar-refractivity contribution in [2.45, 2.75) is 56.2 Å². The van der Waals surface area contributed by atoms with Crippen molar-refractivity contribution in [3.05, 3.63) is 112 Å². The molecule has 6 rings (SSSR count). The molecule has 258 valence electrons. The minimum Gasteiger partial charge on any atom is -0.386 e. The van der Waals surface area contributed by atoms with Crippen LogP contribution in [0.1, 0.15) is 37.6 Å². The number of ether oxygens (including phenoxy) is 5. The Morgan fingerprint density at radius 3 is 2.31 bits per heavy atom. The highest BCUT2D eigenvalue weighted by Crippen LogP contribution is 2.45. The van der Waals surface area contributed by atoms with E-state index in [1.165, 1.54) is 18.0 Å². The molecule has 2 aromatic heterocycles. The molecular formula is C36H41N5O8. The first-order chi connectivity index (χ1) is 23.7. The zero-order valence-corrected chi connectivity index (χ0v) is 28.0. The number of carbonyl (C=O) groups excluding carboxylic acids is 1. The van der Waals surface area contributed by atoms with Crippen LogP contribution in [0.2, 0.25) is 0 Å². The number of fused-ring (bicyclic) bond motifs is 1. The van der Waals surface area contributed by atoms with Gasteiger partial charge in [0.05, 0.1) is 12.9 Å².